The van der Waals surface area contributed by atoms with Gasteiger partial charge < -0.3 is 4.57 Å². The van der Waals surface area contributed by atoms with Gasteiger partial charge in [-0.1, -0.05) is 91.9 Å². The topological polar surface area (TPSA) is 48.0 Å². The van der Waals surface area contributed by atoms with E-state index in [4.69, 9.17) is 4.98 Å². The Morgan fingerprint density at radius 1 is 0.550 bits per heavy atom. The second kappa shape index (κ2) is 8.89. The number of aromatic nitrogens is 5. The van der Waals surface area contributed by atoms with Crippen molar-refractivity contribution in [3.05, 3.63) is 127 Å². The summed E-state index contributed by atoms with van der Waals surface area (Å²) in [5.41, 5.74) is 8.73. The Morgan fingerprint density at radius 3 is 1.75 bits per heavy atom. The summed E-state index contributed by atoms with van der Waals surface area (Å²) in [6, 6.07) is 42.8. The molecule has 40 heavy (non-hydrogen) atoms. The number of fused-ring (bicyclic) bond motifs is 6. The summed E-state index contributed by atoms with van der Waals surface area (Å²) >= 11 is 0. The number of hydrogen-bond donors (Lipinski definition) is 0. The fourth-order valence-electron chi connectivity index (χ4n) is 5.88. The summed E-state index contributed by atoms with van der Waals surface area (Å²) in [4.78, 5) is 5.03. The van der Waals surface area contributed by atoms with Crippen molar-refractivity contribution in [3.8, 4) is 28.2 Å². The number of benzene rings is 5. The first kappa shape index (κ1) is 22.7. The van der Waals surface area contributed by atoms with Gasteiger partial charge in [0.25, 0.3) is 0 Å². The Hall–Kier alpha value is -5.29. The van der Waals surface area contributed by atoms with Gasteiger partial charge >= 0.3 is 0 Å². The molecule has 0 atom stereocenters. The normalized spacial score (nSPS) is 11.7. The molecule has 0 spiro atoms. The molecule has 190 valence electrons. The van der Waals surface area contributed by atoms with Crippen molar-refractivity contribution in [2.45, 2.75) is 13.3 Å². The maximum atomic E-state index is 5.03. The van der Waals surface area contributed by atoms with Gasteiger partial charge in [-0.05, 0) is 47.5 Å². The van der Waals surface area contributed by atoms with Gasteiger partial charge in [0.1, 0.15) is 11.6 Å². The molecule has 0 amide bonds. The average Bonchev–Trinajstić information content (AvgIpc) is 3.61. The molecule has 0 aliphatic carbocycles. The second-order valence-corrected chi connectivity index (χ2v) is 10.1. The predicted octanol–water partition coefficient (Wildman–Crippen LogP) is 8.27. The smallest absolute Gasteiger partial charge is 0.171 e. The van der Waals surface area contributed by atoms with Gasteiger partial charge in [0.15, 0.2) is 5.65 Å². The molecule has 0 bridgehead atoms. The first-order valence-corrected chi connectivity index (χ1v) is 13.6. The van der Waals surface area contributed by atoms with E-state index < -0.39 is 0 Å². The predicted molar refractivity (Wildman–Crippen MR) is 163 cm³/mol. The van der Waals surface area contributed by atoms with Gasteiger partial charge in [0.05, 0.1) is 16.6 Å². The van der Waals surface area contributed by atoms with Crippen molar-refractivity contribution >= 4 is 38.4 Å². The van der Waals surface area contributed by atoms with Crippen LogP contribution in [0.2, 0.25) is 0 Å². The monoisotopic (exact) mass is 515 g/mol. The Bertz CT molecular complexity index is 2130. The van der Waals surface area contributed by atoms with Crippen LogP contribution in [-0.2, 0) is 6.42 Å². The van der Waals surface area contributed by atoms with Gasteiger partial charge in [0.2, 0.25) is 0 Å². The minimum Gasteiger partial charge on any atom is -0.309 e. The third-order valence-corrected chi connectivity index (χ3v) is 7.81. The van der Waals surface area contributed by atoms with E-state index in [0.29, 0.717) is 0 Å². The highest BCUT2D eigenvalue weighted by atomic mass is 15.3. The number of para-hydroxylation sites is 3. The minimum absolute atomic E-state index is 0.782. The van der Waals surface area contributed by atoms with Crippen molar-refractivity contribution in [1.29, 1.82) is 0 Å². The Balaban J connectivity index is 1.19. The van der Waals surface area contributed by atoms with Crippen LogP contribution in [-0.4, -0.2) is 24.1 Å². The molecule has 5 nitrogen and oxygen atoms in total. The minimum atomic E-state index is 0.782. The summed E-state index contributed by atoms with van der Waals surface area (Å²) in [5, 5.41) is 12.5. The van der Waals surface area contributed by atoms with Gasteiger partial charge in [-0.2, -0.15) is 0 Å². The van der Waals surface area contributed by atoms with Crippen LogP contribution in [0, 0.1) is 0 Å². The second-order valence-electron chi connectivity index (χ2n) is 10.1. The fourth-order valence-corrected chi connectivity index (χ4v) is 5.88. The van der Waals surface area contributed by atoms with Crippen molar-refractivity contribution in [2.75, 3.05) is 0 Å². The van der Waals surface area contributed by atoms with Gasteiger partial charge in [-0.3, -0.25) is 4.40 Å². The van der Waals surface area contributed by atoms with E-state index in [0.717, 1.165) is 51.4 Å². The number of aryl methyl sites for hydroxylation is 1. The summed E-state index contributed by atoms with van der Waals surface area (Å²) in [6.45, 7) is 2.10. The maximum absolute atomic E-state index is 5.03. The van der Waals surface area contributed by atoms with Crippen LogP contribution in [0.25, 0.3) is 66.6 Å². The molecule has 8 aromatic rings. The fraction of sp³-hybridized carbons (Fsp3) is 0.0571. The van der Waals surface area contributed by atoms with Crippen LogP contribution in [0.5, 0.6) is 0 Å². The Labute approximate surface area is 231 Å². The highest BCUT2D eigenvalue weighted by Gasteiger charge is 2.16. The molecule has 0 aliphatic heterocycles. The van der Waals surface area contributed by atoms with Crippen LogP contribution in [0.15, 0.2) is 121 Å². The molecule has 0 fully saturated rings. The van der Waals surface area contributed by atoms with Crippen molar-refractivity contribution in [2.24, 2.45) is 0 Å². The summed E-state index contributed by atoms with van der Waals surface area (Å²) in [5.74, 6) is 1.77. The molecular formula is C35H25N5. The standard InChI is InChI=1S/C35H25N5/c1-2-33-37-38-35-29-11-3-6-12-30(29)36-34(40(33)35)25-17-15-23(16-18-25)24-19-21-26(22-20-24)39-31-13-7-4-9-27(31)28-10-5-8-14-32(28)39/h3-22H,2H2,1H3. The molecule has 0 aliphatic rings. The van der Waals surface area contributed by atoms with E-state index in [1.54, 1.807) is 0 Å². The van der Waals surface area contributed by atoms with E-state index in [9.17, 15) is 0 Å². The highest BCUT2D eigenvalue weighted by molar-refractivity contribution is 6.09. The van der Waals surface area contributed by atoms with E-state index in [-0.39, 0.29) is 0 Å². The van der Waals surface area contributed by atoms with E-state index in [1.165, 1.54) is 27.4 Å². The van der Waals surface area contributed by atoms with Crippen molar-refractivity contribution < 1.29 is 0 Å². The van der Waals surface area contributed by atoms with Crippen LogP contribution >= 0.6 is 0 Å². The van der Waals surface area contributed by atoms with Gasteiger partial charge in [0, 0.05) is 33.8 Å². The Kier molecular flexibility index (Phi) is 5.04. The third kappa shape index (κ3) is 3.38. The van der Waals surface area contributed by atoms with E-state index in [1.807, 2.05) is 18.2 Å². The van der Waals surface area contributed by atoms with E-state index in [2.05, 4.69) is 129 Å². The molecule has 0 saturated carbocycles. The molecule has 8 rings (SSSR count). The van der Waals surface area contributed by atoms with Gasteiger partial charge in [-0.25, -0.2) is 4.98 Å². The number of hydrogen-bond acceptors (Lipinski definition) is 3. The SMILES string of the molecule is CCc1nnc2c3ccccc3nc(-c3ccc(-c4ccc(-n5c6ccccc6c6ccccc65)cc4)cc3)n12. The molecule has 5 heteroatoms. The quantitative estimate of drug-likeness (QED) is 0.237. The lowest BCUT2D eigenvalue weighted by molar-refractivity contribution is 0.904. The van der Waals surface area contributed by atoms with E-state index >= 15 is 0 Å². The summed E-state index contributed by atoms with van der Waals surface area (Å²) in [7, 11) is 0. The molecule has 0 N–H and O–H groups in total. The first-order chi connectivity index (χ1) is 19.8. The van der Waals surface area contributed by atoms with Crippen LogP contribution in [0.3, 0.4) is 0 Å². The molecule has 0 unspecified atom stereocenters. The van der Waals surface area contributed by atoms with Crippen LogP contribution in [0.4, 0.5) is 0 Å². The number of nitrogens with zero attached hydrogens (tertiary/aromatic N) is 5. The molecule has 0 saturated heterocycles. The molecular weight excluding hydrogens is 490 g/mol. The van der Waals surface area contributed by atoms with Crippen molar-refractivity contribution in [3.63, 3.8) is 0 Å². The van der Waals surface area contributed by atoms with Gasteiger partial charge in [-0.15, -0.1) is 10.2 Å². The lowest BCUT2D eigenvalue weighted by Crippen LogP contribution is -2.01. The van der Waals surface area contributed by atoms with Crippen LogP contribution < -0.4 is 0 Å². The average molecular weight is 516 g/mol. The zero-order valence-electron chi connectivity index (χ0n) is 22.0. The zero-order chi connectivity index (χ0) is 26.6. The molecule has 0 radical (unpaired) electrons. The van der Waals surface area contributed by atoms with Crippen LogP contribution in [0.1, 0.15) is 12.7 Å². The van der Waals surface area contributed by atoms with Crippen molar-refractivity contribution in [1.82, 2.24) is 24.1 Å². The molecule has 3 heterocycles. The maximum Gasteiger partial charge on any atom is 0.171 e. The molecule has 3 aromatic heterocycles. The zero-order valence-corrected chi connectivity index (χ0v) is 22.0. The summed E-state index contributed by atoms with van der Waals surface area (Å²) in [6.07, 6.45) is 0.782. The third-order valence-electron chi connectivity index (χ3n) is 7.81. The lowest BCUT2D eigenvalue weighted by Gasteiger charge is -2.11. The summed E-state index contributed by atoms with van der Waals surface area (Å²) < 4.78 is 4.44. The Morgan fingerprint density at radius 2 is 1.10 bits per heavy atom. The highest BCUT2D eigenvalue weighted by Crippen LogP contribution is 2.33. The lowest BCUT2D eigenvalue weighted by atomic mass is 10.0. The molecule has 5 aromatic carbocycles. The largest absolute Gasteiger partial charge is 0.309 e. The number of rotatable bonds is 4. The first-order valence-electron chi connectivity index (χ1n) is 13.6.